The summed E-state index contributed by atoms with van der Waals surface area (Å²) >= 11 is 0. The first-order chi connectivity index (χ1) is 15.0. The van der Waals surface area contributed by atoms with Crippen LogP contribution in [0.4, 0.5) is 5.69 Å². The van der Waals surface area contributed by atoms with Gasteiger partial charge < -0.3 is 20.6 Å². The molecule has 1 fully saturated rings. The zero-order chi connectivity index (χ0) is 21.5. The van der Waals surface area contributed by atoms with Crippen molar-refractivity contribution >= 4 is 35.7 Å². The molecule has 2 aliphatic rings. The molecule has 168 valence electrons. The van der Waals surface area contributed by atoms with Gasteiger partial charge in [-0.15, -0.1) is 12.4 Å². The number of carbonyl (C=O) groups is 1. The fourth-order valence-electron chi connectivity index (χ4n) is 4.92. The van der Waals surface area contributed by atoms with Crippen LogP contribution in [0.3, 0.4) is 0 Å². The zero-order valence-corrected chi connectivity index (χ0v) is 19.3. The summed E-state index contributed by atoms with van der Waals surface area (Å²) in [5.74, 6) is 1.37. The Hall–Kier alpha value is -2.83. The van der Waals surface area contributed by atoms with Crippen LogP contribution in [-0.4, -0.2) is 33.4 Å². The summed E-state index contributed by atoms with van der Waals surface area (Å²) in [6.45, 7) is 4.84. The number of nitrogens with one attached hydrogen (secondary N) is 2. The number of carbonyl (C=O) groups excluding carboxylic acids is 1. The van der Waals surface area contributed by atoms with Crippen molar-refractivity contribution in [2.45, 2.75) is 45.6 Å². The maximum absolute atomic E-state index is 13.6. The van der Waals surface area contributed by atoms with Gasteiger partial charge in [0.15, 0.2) is 0 Å². The Morgan fingerprint density at radius 2 is 1.97 bits per heavy atom. The average Bonchev–Trinajstić information content (AvgIpc) is 3.45. The third-order valence-corrected chi connectivity index (χ3v) is 6.64. The number of anilines is 1. The summed E-state index contributed by atoms with van der Waals surface area (Å²) in [6, 6.07) is 8.59. The van der Waals surface area contributed by atoms with Crippen molar-refractivity contribution in [3.8, 4) is 11.4 Å². The molecule has 2 aromatic heterocycles. The fourth-order valence-corrected chi connectivity index (χ4v) is 4.92. The van der Waals surface area contributed by atoms with E-state index in [1.807, 2.05) is 30.2 Å². The maximum Gasteiger partial charge on any atom is 0.259 e. The summed E-state index contributed by atoms with van der Waals surface area (Å²) < 4.78 is 0. The van der Waals surface area contributed by atoms with Crippen molar-refractivity contribution in [3.63, 3.8) is 0 Å². The van der Waals surface area contributed by atoms with Crippen LogP contribution in [0.1, 0.15) is 48.2 Å². The second-order valence-corrected chi connectivity index (χ2v) is 8.97. The minimum atomic E-state index is 0. The molecule has 6 nitrogen and oxygen atoms in total. The first kappa shape index (κ1) is 22.4. The van der Waals surface area contributed by atoms with Crippen LogP contribution in [0.5, 0.6) is 0 Å². The van der Waals surface area contributed by atoms with E-state index < -0.39 is 0 Å². The van der Waals surface area contributed by atoms with Gasteiger partial charge in [-0.25, -0.2) is 4.98 Å². The summed E-state index contributed by atoms with van der Waals surface area (Å²) in [7, 11) is 0. The number of fused-ring (bicyclic) bond motifs is 1. The summed E-state index contributed by atoms with van der Waals surface area (Å²) in [5, 5.41) is 0. The lowest BCUT2D eigenvalue weighted by Crippen LogP contribution is -2.36. The molecule has 0 saturated heterocycles. The van der Waals surface area contributed by atoms with Crippen LogP contribution >= 0.6 is 12.4 Å². The number of hydrogen-bond acceptors (Lipinski definition) is 3. The number of aromatic amines is 2. The van der Waals surface area contributed by atoms with E-state index in [2.05, 4.69) is 40.1 Å². The van der Waals surface area contributed by atoms with Crippen LogP contribution in [0.25, 0.3) is 23.0 Å². The van der Waals surface area contributed by atoms with Crippen molar-refractivity contribution in [2.24, 2.45) is 11.7 Å². The number of nitrogens with two attached hydrogens (primary N) is 1. The van der Waals surface area contributed by atoms with E-state index in [4.69, 9.17) is 5.73 Å². The Bertz CT molecular complexity index is 1140. The topological polar surface area (TPSA) is 90.8 Å². The van der Waals surface area contributed by atoms with Crippen LogP contribution in [-0.2, 0) is 4.79 Å². The molecule has 7 heteroatoms. The third-order valence-electron chi connectivity index (χ3n) is 6.64. The number of nitrogens with zero attached hydrogens (tertiary/aromatic N) is 2. The van der Waals surface area contributed by atoms with Gasteiger partial charge in [-0.1, -0.05) is 12.1 Å². The molecule has 4 N–H and O–H groups in total. The van der Waals surface area contributed by atoms with Gasteiger partial charge in [-0.2, -0.15) is 0 Å². The number of rotatable bonds is 4. The molecule has 1 aliphatic carbocycles. The number of aromatic nitrogens is 3. The van der Waals surface area contributed by atoms with Gasteiger partial charge in [0.2, 0.25) is 0 Å². The molecule has 32 heavy (non-hydrogen) atoms. The fraction of sp³-hybridized carbons (Fsp3) is 0.360. The molecule has 1 aromatic carbocycles. The molecule has 3 aromatic rings. The Balaban J connectivity index is 0.00000245. The van der Waals surface area contributed by atoms with E-state index in [0.717, 1.165) is 77.4 Å². The van der Waals surface area contributed by atoms with E-state index in [1.165, 1.54) is 0 Å². The lowest BCUT2D eigenvalue weighted by molar-refractivity contribution is -0.113. The molecule has 0 unspecified atom stereocenters. The summed E-state index contributed by atoms with van der Waals surface area (Å²) in [5.41, 5.74) is 13.0. The van der Waals surface area contributed by atoms with E-state index >= 15 is 0 Å². The van der Waals surface area contributed by atoms with Gasteiger partial charge >= 0.3 is 0 Å². The largest absolute Gasteiger partial charge is 0.359 e. The molecule has 1 saturated carbocycles. The van der Waals surface area contributed by atoms with Crippen molar-refractivity contribution in [1.82, 2.24) is 15.0 Å². The number of H-pyrrole nitrogens is 2. The Morgan fingerprint density at radius 3 is 2.62 bits per heavy atom. The summed E-state index contributed by atoms with van der Waals surface area (Å²) in [4.78, 5) is 26.5. The second kappa shape index (κ2) is 8.96. The number of imidazole rings is 1. The molecule has 1 amide bonds. The zero-order valence-electron chi connectivity index (χ0n) is 18.5. The smallest absolute Gasteiger partial charge is 0.259 e. The van der Waals surface area contributed by atoms with Crippen LogP contribution in [0.2, 0.25) is 0 Å². The first-order valence-electron chi connectivity index (χ1n) is 11.1. The predicted octanol–water partition coefficient (Wildman–Crippen LogP) is 4.85. The van der Waals surface area contributed by atoms with Crippen LogP contribution < -0.4 is 10.6 Å². The second-order valence-electron chi connectivity index (χ2n) is 8.97. The SMILES string of the molecule is Cc1cc(C)c(/C=C2\C(=O)N(CC3CCC(N)CC3)c3cc(-c4ncc[nH]4)ccc32)[nH]1.Cl. The van der Waals surface area contributed by atoms with Crippen molar-refractivity contribution < 1.29 is 4.79 Å². The minimum absolute atomic E-state index is 0. The minimum Gasteiger partial charge on any atom is -0.359 e. The number of aryl methyl sites for hydroxylation is 2. The van der Waals surface area contributed by atoms with Crippen molar-refractivity contribution in [2.75, 3.05) is 11.4 Å². The lowest BCUT2D eigenvalue weighted by atomic mass is 9.86. The highest BCUT2D eigenvalue weighted by atomic mass is 35.5. The molecule has 1 aliphatic heterocycles. The number of benzene rings is 1. The van der Waals surface area contributed by atoms with E-state index in [1.54, 1.807) is 6.20 Å². The molecule has 0 bridgehead atoms. The van der Waals surface area contributed by atoms with Gasteiger partial charge in [0.25, 0.3) is 5.91 Å². The molecule has 0 spiro atoms. The van der Waals surface area contributed by atoms with E-state index in [0.29, 0.717) is 12.0 Å². The first-order valence-corrected chi connectivity index (χ1v) is 11.1. The monoisotopic (exact) mass is 451 g/mol. The van der Waals surface area contributed by atoms with Gasteiger partial charge in [-0.3, -0.25) is 4.79 Å². The quantitative estimate of drug-likeness (QED) is 0.495. The molecule has 0 radical (unpaired) electrons. The Kier molecular flexibility index (Phi) is 6.26. The predicted molar refractivity (Wildman–Crippen MR) is 132 cm³/mol. The molecular formula is C25H30ClN5O. The lowest BCUT2D eigenvalue weighted by Gasteiger charge is -2.30. The van der Waals surface area contributed by atoms with Gasteiger partial charge in [0.1, 0.15) is 5.82 Å². The molecular weight excluding hydrogens is 422 g/mol. The van der Waals surface area contributed by atoms with Crippen LogP contribution in [0, 0.1) is 19.8 Å². The highest BCUT2D eigenvalue weighted by Gasteiger charge is 2.35. The van der Waals surface area contributed by atoms with Gasteiger partial charge in [0, 0.05) is 47.5 Å². The van der Waals surface area contributed by atoms with E-state index in [-0.39, 0.29) is 18.3 Å². The number of hydrogen-bond donors (Lipinski definition) is 3. The molecule has 3 heterocycles. The Morgan fingerprint density at radius 1 is 1.19 bits per heavy atom. The van der Waals surface area contributed by atoms with Crippen molar-refractivity contribution in [1.29, 1.82) is 0 Å². The van der Waals surface area contributed by atoms with E-state index in [9.17, 15) is 4.79 Å². The maximum atomic E-state index is 13.6. The normalized spacial score (nSPS) is 21.7. The number of halogens is 1. The number of amides is 1. The average molecular weight is 452 g/mol. The highest BCUT2D eigenvalue weighted by Crippen LogP contribution is 2.41. The highest BCUT2D eigenvalue weighted by molar-refractivity contribution is 6.36. The standard InChI is InChI=1S/C25H29N5O.ClH/c1-15-11-16(2)29-22(15)13-21-20-8-5-18(24-27-9-10-28-24)12-23(20)30(25(21)31)14-17-3-6-19(26)7-4-17;/h5,8-13,17,19,29H,3-4,6-7,14,26H2,1-2H3,(H,27,28);1H/b21-13-;. The Labute approximate surface area is 194 Å². The van der Waals surface area contributed by atoms with Gasteiger partial charge in [-0.05, 0) is 69.2 Å². The molecule has 5 rings (SSSR count). The summed E-state index contributed by atoms with van der Waals surface area (Å²) in [6.07, 6.45) is 9.80. The van der Waals surface area contributed by atoms with Crippen molar-refractivity contribution in [3.05, 3.63) is 59.2 Å². The third kappa shape index (κ3) is 4.12. The molecule has 0 atom stereocenters. The van der Waals surface area contributed by atoms with Gasteiger partial charge in [0.05, 0.1) is 11.3 Å². The van der Waals surface area contributed by atoms with Crippen LogP contribution in [0.15, 0.2) is 36.7 Å².